The molecule has 1 atom stereocenters. The van der Waals surface area contributed by atoms with Crippen molar-refractivity contribution in [2.75, 3.05) is 6.61 Å². The number of nitrogens with one attached hydrogen (secondary N) is 1. The molecule has 1 saturated heterocycles. The summed E-state index contributed by atoms with van der Waals surface area (Å²) in [7, 11) is 0. The first-order valence-corrected chi connectivity index (χ1v) is 7.92. The predicted octanol–water partition coefficient (Wildman–Crippen LogP) is 1.48. The smallest absolute Gasteiger partial charge is 0.267 e. The van der Waals surface area contributed by atoms with Gasteiger partial charge in [-0.3, -0.25) is 9.59 Å². The van der Waals surface area contributed by atoms with Crippen LogP contribution in [0.25, 0.3) is 11.3 Å². The number of hydroxylamine groups is 1. The molecular formula is C17H19N3O4. The number of nitrogens with zero attached hydrogens (tertiary/aromatic N) is 2. The number of ether oxygens (including phenoxy) is 1. The van der Waals surface area contributed by atoms with Crippen molar-refractivity contribution in [1.29, 1.82) is 0 Å². The van der Waals surface area contributed by atoms with Crippen LogP contribution in [0, 0.1) is 0 Å². The molecule has 0 bridgehead atoms. The van der Waals surface area contributed by atoms with Crippen molar-refractivity contribution in [3.05, 3.63) is 52.8 Å². The highest BCUT2D eigenvalue weighted by molar-refractivity contribution is 5.74. The topological polar surface area (TPSA) is 82.5 Å². The van der Waals surface area contributed by atoms with E-state index in [4.69, 9.17) is 9.57 Å². The second kappa shape index (κ2) is 7.85. The summed E-state index contributed by atoms with van der Waals surface area (Å²) in [4.78, 5) is 29.1. The zero-order valence-electron chi connectivity index (χ0n) is 13.2. The van der Waals surface area contributed by atoms with E-state index in [1.807, 2.05) is 30.3 Å². The zero-order chi connectivity index (χ0) is 16.8. The fraction of sp³-hybridized carbons (Fsp3) is 0.353. The lowest BCUT2D eigenvalue weighted by molar-refractivity contribution is -0.200. The average Bonchev–Trinajstić information content (AvgIpc) is 2.63. The summed E-state index contributed by atoms with van der Waals surface area (Å²) in [6.45, 7) is 0.410. The number of aromatic nitrogens is 2. The van der Waals surface area contributed by atoms with E-state index in [9.17, 15) is 9.59 Å². The van der Waals surface area contributed by atoms with E-state index >= 15 is 0 Å². The van der Waals surface area contributed by atoms with Crippen LogP contribution in [0.4, 0.5) is 0 Å². The molecule has 7 nitrogen and oxygen atoms in total. The molecule has 1 N–H and O–H groups in total. The van der Waals surface area contributed by atoms with Crippen LogP contribution in [0.1, 0.15) is 19.3 Å². The number of hydrogen-bond donors (Lipinski definition) is 1. The Morgan fingerprint density at radius 1 is 1.25 bits per heavy atom. The third-order valence-corrected chi connectivity index (χ3v) is 3.67. The number of carbonyl (C=O) groups excluding carboxylic acids is 1. The van der Waals surface area contributed by atoms with Crippen LogP contribution < -0.4 is 11.0 Å². The van der Waals surface area contributed by atoms with E-state index in [-0.39, 0.29) is 12.1 Å². The third-order valence-electron chi connectivity index (χ3n) is 3.67. The maximum atomic E-state index is 12.0. The number of amides is 1. The molecule has 1 aromatic carbocycles. The van der Waals surface area contributed by atoms with Crippen LogP contribution >= 0.6 is 0 Å². The van der Waals surface area contributed by atoms with E-state index in [1.54, 1.807) is 6.07 Å². The van der Waals surface area contributed by atoms with E-state index < -0.39 is 12.2 Å². The number of benzene rings is 1. The van der Waals surface area contributed by atoms with Crippen molar-refractivity contribution in [2.24, 2.45) is 0 Å². The molecule has 0 radical (unpaired) electrons. The molecule has 1 aromatic heterocycles. The van der Waals surface area contributed by atoms with Gasteiger partial charge in [0.05, 0.1) is 5.69 Å². The quantitative estimate of drug-likeness (QED) is 0.840. The maximum Gasteiger partial charge on any atom is 0.267 e. The normalized spacial score (nSPS) is 17.4. The molecule has 126 valence electrons. The Morgan fingerprint density at radius 3 is 2.83 bits per heavy atom. The van der Waals surface area contributed by atoms with Gasteiger partial charge in [-0.2, -0.15) is 5.10 Å². The number of rotatable bonds is 5. The van der Waals surface area contributed by atoms with Crippen molar-refractivity contribution in [3.63, 3.8) is 0 Å². The molecule has 24 heavy (non-hydrogen) atoms. The second-order valence-electron chi connectivity index (χ2n) is 5.52. The van der Waals surface area contributed by atoms with E-state index in [0.29, 0.717) is 12.3 Å². The van der Waals surface area contributed by atoms with Gasteiger partial charge >= 0.3 is 0 Å². The van der Waals surface area contributed by atoms with Crippen molar-refractivity contribution < 1.29 is 14.4 Å². The Hall–Kier alpha value is -2.51. The first-order valence-electron chi connectivity index (χ1n) is 7.92. The van der Waals surface area contributed by atoms with Crippen molar-refractivity contribution in [2.45, 2.75) is 32.1 Å². The standard InChI is InChI=1S/C17H19N3O4/c21-15(19-24-17-8-4-5-11-23-17)12-20-16(22)10-9-14(18-20)13-6-2-1-3-7-13/h1-3,6-7,9-10,17H,4-5,8,11-12H2,(H,19,21)/t17-/m1/s1. The summed E-state index contributed by atoms with van der Waals surface area (Å²) in [6, 6.07) is 12.5. The van der Waals surface area contributed by atoms with Gasteiger partial charge in [0.15, 0.2) is 6.29 Å². The first-order chi connectivity index (χ1) is 11.7. The lowest BCUT2D eigenvalue weighted by atomic mass is 10.1. The van der Waals surface area contributed by atoms with Crippen molar-refractivity contribution in [1.82, 2.24) is 15.3 Å². The summed E-state index contributed by atoms with van der Waals surface area (Å²) in [5, 5.41) is 4.23. The predicted molar refractivity (Wildman–Crippen MR) is 86.8 cm³/mol. The molecule has 0 spiro atoms. The van der Waals surface area contributed by atoms with Gasteiger partial charge in [-0.25, -0.2) is 15.0 Å². The summed E-state index contributed by atoms with van der Waals surface area (Å²) >= 11 is 0. The zero-order valence-corrected chi connectivity index (χ0v) is 13.2. The molecule has 3 rings (SSSR count). The van der Waals surface area contributed by atoms with E-state index in [0.717, 1.165) is 29.5 Å². The van der Waals surface area contributed by atoms with Crippen LogP contribution in [0.3, 0.4) is 0 Å². The summed E-state index contributed by atoms with van der Waals surface area (Å²) in [5.74, 6) is -0.455. The molecule has 1 amide bonds. The molecule has 0 saturated carbocycles. The third kappa shape index (κ3) is 4.27. The minimum Gasteiger partial charge on any atom is -0.350 e. The van der Waals surface area contributed by atoms with Crippen molar-refractivity contribution in [3.8, 4) is 11.3 Å². The van der Waals surface area contributed by atoms with Gasteiger partial charge in [0, 0.05) is 24.7 Å². The van der Waals surface area contributed by atoms with Gasteiger partial charge in [-0.05, 0) is 18.9 Å². The molecule has 2 aromatic rings. The SMILES string of the molecule is O=C(Cn1nc(-c2ccccc2)ccc1=O)NO[C@@H]1CCCCO1. The Morgan fingerprint density at radius 2 is 2.08 bits per heavy atom. The maximum absolute atomic E-state index is 12.0. The largest absolute Gasteiger partial charge is 0.350 e. The summed E-state index contributed by atoms with van der Waals surface area (Å²) in [5.41, 5.74) is 3.47. The monoisotopic (exact) mass is 329 g/mol. The van der Waals surface area contributed by atoms with Gasteiger partial charge < -0.3 is 4.74 Å². The second-order valence-corrected chi connectivity index (χ2v) is 5.52. The number of hydrogen-bond acceptors (Lipinski definition) is 5. The fourth-order valence-electron chi connectivity index (χ4n) is 2.43. The highest BCUT2D eigenvalue weighted by atomic mass is 16.8. The Balaban J connectivity index is 1.63. The lowest BCUT2D eigenvalue weighted by Crippen LogP contribution is -2.37. The Kier molecular flexibility index (Phi) is 5.35. The van der Waals surface area contributed by atoms with Crippen LogP contribution in [-0.2, 0) is 20.9 Å². The minimum absolute atomic E-state index is 0.216. The van der Waals surface area contributed by atoms with Crippen LogP contribution in [0.2, 0.25) is 0 Å². The molecular weight excluding hydrogens is 310 g/mol. The molecule has 1 aliphatic rings. The average molecular weight is 329 g/mol. The van der Waals surface area contributed by atoms with Gasteiger partial charge in [0.2, 0.25) is 0 Å². The molecule has 7 heteroatoms. The Labute approximate surface area is 139 Å². The van der Waals surface area contributed by atoms with E-state index in [2.05, 4.69) is 10.6 Å². The number of carbonyl (C=O) groups is 1. The Bertz CT molecular complexity index is 739. The molecule has 2 heterocycles. The first kappa shape index (κ1) is 16.4. The molecule has 1 aliphatic heterocycles. The molecule has 0 aliphatic carbocycles. The van der Waals surface area contributed by atoms with Crippen molar-refractivity contribution >= 4 is 5.91 Å². The summed E-state index contributed by atoms with van der Waals surface area (Å²) in [6.07, 6.45) is 2.31. The molecule has 1 fully saturated rings. The van der Waals surface area contributed by atoms with Gasteiger partial charge in [0.25, 0.3) is 11.5 Å². The van der Waals surface area contributed by atoms with Gasteiger partial charge in [-0.15, -0.1) is 0 Å². The van der Waals surface area contributed by atoms with E-state index in [1.165, 1.54) is 6.07 Å². The van der Waals surface area contributed by atoms with Crippen LogP contribution in [-0.4, -0.2) is 28.6 Å². The minimum atomic E-state index is -0.455. The summed E-state index contributed by atoms with van der Waals surface area (Å²) < 4.78 is 6.47. The van der Waals surface area contributed by atoms with Gasteiger partial charge in [-0.1, -0.05) is 30.3 Å². The van der Waals surface area contributed by atoms with Crippen LogP contribution in [0.15, 0.2) is 47.3 Å². The molecule has 0 unspecified atom stereocenters. The van der Waals surface area contributed by atoms with Crippen LogP contribution in [0.5, 0.6) is 0 Å². The highest BCUT2D eigenvalue weighted by Crippen LogP contribution is 2.14. The van der Waals surface area contributed by atoms with Gasteiger partial charge in [0.1, 0.15) is 6.54 Å². The lowest BCUT2D eigenvalue weighted by Gasteiger charge is -2.22. The highest BCUT2D eigenvalue weighted by Gasteiger charge is 2.16. The fourth-order valence-corrected chi connectivity index (χ4v) is 2.43.